The zero-order valence-corrected chi connectivity index (χ0v) is 6.97. The molecular formula is C8H14N2O2. The number of carboxylic acid groups (broad SMARTS) is 1. The van der Waals surface area contributed by atoms with Gasteiger partial charge >= 0.3 is 5.97 Å². The van der Waals surface area contributed by atoms with Crippen LogP contribution in [0.4, 0.5) is 0 Å². The first kappa shape index (κ1) is 8.01. The Labute approximate surface area is 71.3 Å². The molecule has 3 N–H and O–H groups in total. The minimum Gasteiger partial charge on any atom is -0.481 e. The summed E-state index contributed by atoms with van der Waals surface area (Å²) in [5.74, 6) is -0.626. The van der Waals surface area contributed by atoms with Crippen molar-refractivity contribution in [3.63, 3.8) is 0 Å². The average molecular weight is 170 g/mol. The predicted octanol–water partition coefficient (Wildman–Crippen LogP) is -0.587. The number of aliphatic carboxylic acids is 1. The first-order chi connectivity index (χ1) is 5.76. The third-order valence-electron chi connectivity index (χ3n) is 3.15. The van der Waals surface area contributed by atoms with Crippen LogP contribution in [0.2, 0.25) is 0 Å². The molecular weight excluding hydrogens is 156 g/mol. The summed E-state index contributed by atoms with van der Waals surface area (Å²) in [5.41, 5.74) is -0.467. The van der Waals surface area contributed by atoms with E-state index >= 15 is 0 Å². The third-order valence-corrected chi connectivity index (χ3v) is 3.15. The van der Waals surface area contributed by atoms with Crippen LogP contribution < -0.4 is 10.6 Å². The molecule has 2 saturated heterocycles. The van der Waals surface area contributed by atoms with E-state index in [9.17, 15) is 4.79 Å². The van der Waals surface area contributed by atoms with Crippen molar-refractivity contribution in [1.29, 1.82) is 0 Å². The van der Waals surface area contributed by atoms with Gasteiger partial charge in [-0.2, -0.15) is 0 Å². The fraction of sp³-hybridized carbons (Fsp3) is 0.875. The number of carboxylic acids is 1. The lowest BCUT2D eigenvalue weighted by molar-refractivity contribution is -0.150. The Morgan fingerprint density at radius 3 is 2.83 bits per heavy atom. The zero-order valence-electron chi connectivity index (χ0n) is 6.97. The molecule has 0 aromatic carbocycles. The van der Waals surface area contributed by atoms with Gasteiger partial charge in [0.15, 0.2) is 0 Å². The van der Waals surface area contributed by atoms with E-state index in [0.717, 1.165) is 32.5 Å². The van der Waals surface area contributed by atoms with E-state index in [1.54, 1.807) is 0 Å². The number of fused-ring (bicyclic) bond motifs is 1. The summed E-state index contributed by atoms with van der Waals surface area (Å²) in [4.78, 5) is 11.1. The highest BCUT2D eigenvalue weighted by Crippen LogP contribution is 2.36. The highest BCUT2D eigenvalue weighted by atomic mass is 16.4. The molecule has 0 aromatic heterocycles. The van der Waals surface area contributed by atoms with Crippen molar-refractivity contribution in [2.45, 2.75) is 18.9 Å². The smallest absolute Gasteiger partial charge is 0.311 e. The molecule has 68 valence electrons. The molecule has 12 heavy (non-hydrogen) atoms. The van der Waals surface area contributed by atoms with Crippen LogP contribution >= 0.6 is 0 Å². The van der Waals surface area contributed by atoms with Gasteiger partial charge in [0.05, 0.1) is 5.41 Å². The second kappa shape index (κ2) is 2.71. The van der Waals surface area contributed by atoms with Crippen molar-refractivity contribution in [1.82, 2.24) is 10.6 Å². The Kier molecular flexibility index (Phi) is 1.81. The molecule has 2 atom stereocenters. The lowest BCUT2D eigenvalue weighted by Gasteiger charge is -2.35. The Morgan fingerprint density at radius 2 is 2.17 bits per heavy atom. The van der Waals surface area contributed by atoms with Gasteiger partial charge < -0.3 is 15.7 Å². The largest absolute Gasteiger partial charge is 0.481 e. The molecule has 2 aliphatic rings. The lowest BCUT2D eigenvalue weighted by atomic mass is 9.75. The van der Waals surface area contributed by atoms with E-state index in [0.29, 0.717) is 0 Å². The van der Waals surface area contributed by atoms with Gasteiger partial charge in [0.25, 0.3) is 0 Å². The van der Waals surface area contributed by atoms with Crippen LogP contribution in [-0.4, -0.2) is 36.8 Å². The average Bonchev–Trinajstić information content (AvgIpc) is 2.48. The SMILES string of the molecule is O=C(O)C12CCNCC1NCC2. The summed E-state index contributed by atoms with van der Waals surface area (Å²) in [6.45, 7) is 2.48. The number of hydrogen-bond donors (Lipinski definition) is 3. The number of nitrogens with one attached hydrogen (secondary N) is 2. The molecule has 2 unspecified atom stereocenters. The fourth-order valence-corrected chi connectivity index (χ4v) is 2.33. The Morgan fingerprint density at radius 1 is 1.42 bits per heavy atom. The molecule has 0 bridgehead atoms. The Bertz CT molecular complexity index is 207. The lowest BCUT2D eigenvalue weighted by Crippen LogP contribution is -2.54. The zero-order chi connectivity index (χ0) is 8.60. The quantitative estimate of drug-likeness (QED) is 0.492. The summed E-state index contributed by atoms with van der Waals surface area (Å²) in [6.07, 6.45) is 1.55. The van der Waals surface area contributed by atoms with Gasteiger partial charge in [0, 0.05) is 12.6 Å². The van der Waals surface area contributed by atoms with Crippen molar-refractivity contribution in [3.05, 3.63) is 0 Å². The third kappa shape index (κ3) is 0.949. The maximum absolute atomic E-state index is 11.1. The summed E-state index contributed by atoms with van der Waals surface area (Å²) in [6, 6.07) is 0.142. The van der Waals surface area contributed by atoms with Crippen molar-refractivity contribution in [3.8, 4) is 0 Å². The highest BCUT2D eigenvalue weighted by Gasteiger charge is 2.50. The molecule has 0 aromatic rings. The minimum atomic E-state index is -0.626. The number of hydrogen-bond acceptors (Lipinski definition) is 3. The van der Waals surface area contributed by atoms with Crippen molar-refractivity contribution in [2.24, 2.45) is 5.41 Å². The van der Waals surface area contributed by atoms with E-state index in [1.807, 2.05) is 0 Å². The number of piperidine rings is 1. The summed E-state index contributed by atoms with van der Waals surface area (Å²) < 4.78 is 0. The minimum absolute atomic E-state index is 0.142. The molecule has 0 aliphatic carbocycles. The molecule has 4 nitrogen and oxygen atoms in total. The highest BCUT2D eigenvalue weighted by molar-refractivity contribution is 5.76. The molecule has 0 saturated carbocycles. The van der Waals surface area contributed by atoms with E-state index < -0.39 is 11.4 Å². The Balaban J connectivity index is 2.23. The van der Waals surface area contributed by atoms with Gasteiger partial charge in [-0.25, -0.2) is 0 Å². The van der Waals surface area contributed by atoms with Crippen molar-refractivity contribution in [2.75, 3.05) is 19.6 Å². The van der Waals surface area contributed by atoms with Gasteiger partial charge in [-0.15, -0.1) is 0 Å². The summed E-state index contributed by atoms with van der Waals surface area (Å²) in [5, 5.41) is 15.6. The normalized spacial score (nSPS) is 40.8. The van der Waals surface area contributed by atoms with Crippen LogP contribution in [0.3, 0.4) is 0 Å². The van der Waals surface area contributed by atoms with Crippen molar-refractivity contribution >= 4 is 5.97 Å². The van der Waals surface area contributed by atoms with E-state index in [1.165, 1.54) is 0 Å². The van der Waals surface area contributed by atoms with Crippen molar-refractivity contribution < 1.29 is 9.90 Å². The standard InChI is InChI=1S/C8H14N2O2/c11-7(12)8-1-3-9-5-6(8)10-4-2-8/h6,9-10H,1-5H2,(H,11,12). The first-order valence-corrected chi connectivity index (χ1v) is 4.43. The molecule has 2 fully saturated rings. The molecule has 0 radical (unpaired) electrons. The van der Waals surface area contributed by atoms with E-state index in [4.69, 9.17) is 5.11 Å². The molecule has 0 amide bonds. The summed E-state index contributed by atoms with van der Waals surface area (Å²) in [7, 11) is 0. The molecule has 2 aliphatic heterocycles. The van der Waals surface area contributed by atoms with Gasteiger partial charge in [-0.1, -0.05) is 0 Å². The van der Waals surface area contributed by atoms with Gasteiger partial charge in [-0.05, 0) is 25.9 Å². The topological polar surface area (TPSA) is 61.4 Å². The van der Waals surface area contributed by atoms with Crippen LogP contribution in [0.1, 0.15) is 12.8 Å². The molecule has 4 heteroatoms. The van der Waals surface area contributed by atoms with Gasteiger partial charge in [-0.3, -0.25) is 4.79 Å². The van der Waals surface area contributed by atoms with Crippen LogP contribution in [-0.2, 0) is 4.79 Å². The van der Waals surface area contributed by atoms with E-state index in [2.05, 4.69) is 10.6 Å². The fourth-order valence-electron chi connectivity index (χ4n) is 2.33. The van der Waals surface area contributed by atoms with Crippen LogP contribution in [0, 0.1) is 5.41 Å². The van der Waals surface area contributed by atoms with Crippen LogP contribution in [0.15, 0.2) is 0 Å². The maximum Gasteiger partial charge on any atom is 0.311 e. The van der Waals surface area contributed by atoms with E-state index in [-0.39, 0.29) is 6.04 Å². The number of carbonyl (C=O) groups is 1. The second-order valence-electron chi connectivity index (χ2n) is 3.67. The maximum atomic E-state index is 11.1. The van der Waals surface area contributed by atoms with Gasteiger partial charge in [0.2, 0.25) is 0 Å². The monoisotopic (exact) mass is 170 g/mol. The number of rotatable bonds is 1. The first-order valence-electron chi connectivity index (χ1n) is 4.43. The molecule has 0 spiro atoms. The second-order valence-corrected chi connectivity index (χ2v) is 3.67. The summed E-state index contributed by atoms with van der Waals surface area (Å²) >= 11 is 0. The predicted molar refractivity (Wildman–Crippen MR) is 44.0 cm³/mol. The van der Waals surface area contributed by atoms with Crippen LogP contribution in [0.25, 0.3) is 0 Å². The molecule has 2 rings (SSSR count). The Hall–Kier alpha value is -0.610. The molecule has 2 heterocycles. The van der Waals surface area contributed by atoms with Gasteiger partial charge in [0.1, 0.15) is 0 Å². The van der Waals surface area contributed by atoms with Crippen LogP contribution in [0.5, 0.6) is 0 Å².